The van der Waals surface area contributed by atoms with E-state index in [2.05, 4.69) is 27.4 Å². The van der Waals surface area contributed by atoms with Crippen LogP contribution in [0.1, 0.15) is 142 Å². The molecule has 8 rings (SSSR count). The third-order valence-corrected chi connectivity index (χ3v) is 15.9. The van der Waals surface area contributed by atoms with Gasteiger partial charge in [-0.15, -0.1) is 0 Å². The molecule has 4 heterocycles. The van der Waals surface area contributed by atoms with Crippen molar-refractivity contribution in [2.24, 2.45) is 29.6 Å². The Hall–Kier alpha value is -2.22. The SMILES string of the molecule is CC/C(=C(\C1CCC(O)CC1)C1CCC(OCCN2CCN(C3CCC(OC4CCC5C(=O)N(C6CCC(=O)NC6=O)C(=O)C5C4)CN3)CC2)CC1)C1CCCCC1. The number of carbonyl (C=O) groups excluding carboxylic acids is 4. The summed E-state index contributed by atoms with van der Waals surface area (Å²) in [5.74, 6) is -0.0576. The molecule has 0 radical (unpaired) electrons. The molecule has 0 aromatic carbocycles. The van der Waals surface area contributed by atoms with Crippen molar-refractivity contribution in [3.05, 3.63) is 11.1 Å². The number of ether oxygens (including phenoxy) is 2. The van der Waals surface area contributed by atoms with Gasteiger partial charge in [0.25, 0.3) is 0 Å². The second-order valence-electron chi connectivity index (χ2n) is 19.3. The zero-order valence-electron chi connectivity index (χ0n) is 35.4. The van der Waals surface area contributed by atoms with Crippen molar-refractivity contribution in [2.45, 2.75) is 178 Å². The summed E-state index contributed by atoms with van der Waals surface area (Å²) < 4.78 is 13.1. The van der Waals surface area contributed by atoms with E-state index in [0.29, 0.717) is 36.9 Å². The van der Waals surface area contributed by atoms with E-state index in [1.165, 1.54) is 77.0 Å². The number of aliphatic hydroxyl groups excluding tert-OH is 1. The number of amides is 4. The average Bonchev–Trinajstić information content (AvgIpc) is 3.49. The zero-order valence-corrected chi connectivity index (χ0v) is 35.4. The minimum absolute atomic E-state index is 0.0734. The first-order valence-corrected chi connectivity index (χ1v) is 23.8. The lowest BCUT2D eigenvalue weighted by Crippen LogP contribution is -2.58. The van der Waals surface area contributed by atoms with E-state index < -0.39 is 17.9 Å². The van der Waals surface area contributed by atoms with E-state index in [0.717, 1.165) is 88.8 Å². The number of likely N-dealkylation sites (tertiary alicyclic amines) is 1. The molecule has 324 valence electrons. The Labute approximate surface area is 346 Å². The Kier molecular flexibility index (Phi) is 14.4. The molecule has 12 heteroatoms. The first-order valence-electron chi connectivity index (χ1n) is 23.8. The minimum atomic E-state index is -0.877. The van der Waals surface area contributed by atoms with Gasteiger partial charge in [0.05, 0.1) is 49.0 Å². The highest BCUT2D eigenvalue weighted by atomic mass is 16.5. The Morgan fingerprint density at radius 3 is 2.05 bits per heavy atom. The van der Waals surface area contributed by atoms with Gasteiger partial charge in [-0.25, -0.2) is 0 Å². The van der Waals surface area contributed by atoms with Crippen molar-refractivity contribution in [3.63, 3.8) is 0 Å². The van der Waals surface area contributed by atoms with E-state index >= 15 is 0 Å². The van der Waals surface area contributed by atoms with Crippen LogP contribution in [0.2, 0.25) is 0 Å². The summed E-state index contributed by atoms with van der Waals surface area (Å²) in [5.41, 5.74) is 3.67. The first kappa shape index (κ1) is 42.5. The molecule has 0 aromatic heterocycles. The largest absolute Gasteiger partial charge is 0.393 e. The number of hydrogen-bond donors (Lipinski definition) is 3. The van der Waals surface area contributed by atoms with Gasteiger partial charge in [0, 0.05) is 45.7 Å². The average molecular weight is 808 g/mol. The summed E-state index contributed by atoms with van der Waals surface area (Å²) in [6.45, 7) is 9.24. The Balaban J connectivity index is 0.724. The molecule has 6 unspecified atom stereocenters. The number of nitrogens with zero attached hydrogens (tertiary/aromatic N) is 3. The number of imide groups is 2. The topological polar surface area (TPSA) is 141 Å². The van der Waals surface area contributed by atoms with Gasteiger partial charge in [0.2, 0.25) is 23.6 Å². The maximum Gasteiger partial charge on any atom is 0.249 e. The molecule has 0 aromatic rings. The van der Waals surface area contributed by atoms with E-state index in [-0.39, 0.29) is 54.8 Å². The normalized spacial score (nSPS) is 38.1. The van der Waals surface area contributed by atoms with Gasteiger partial charge in [-0.3, -0.25) is 44.5 Å². The molecule has 0 spiro atoms. The number of carbonyl (C=O) groups is 4. The predicted octanol–water partition coefficient (Wildman–Crippen LogP) is 5.07. The van der Waals surface area contributed by atoms with Crippen molar-refractivity contribution in [1.29, 1.82) is 0 Å². The lowest BCUT2D eigenvalue weighted by atomic mass is 9.68. The molecule has 8 fully saturated rings. The van der Waals surface area contributed by atoms with Crippen LogP contribution in [0.3, 0.4) is 0 Å². The molecule has 58 heavy (non-hydrogen) atoms. The van der Waals surface area contributed by atoms with Crippen LogP contribution in [-0.4, -0.2) is 126 Å². The van der Waals surface area contributed by atoms with Gasteiger partial charge in [-0.1, -0.05) is 37.3 Å². The highest BCUT2D eigenvalue weighted by Crippen LogP contribution is 2.46. The van der Waals surface area contributed by atoms with Crippen LogP contribution in [0, 0.1) is 29.6 Å². The number of hydrogen-bond acceptors (Lipinski definition) is 10. The highest BCUT2D eigenvalue weighted by molar-refractivity contribution is 6.10. The van der Waals surface area contributed by atoms with Gasteiger partial charge < -0.3 is 14.6 Å². The molecule has 3 N–H and O–H groups in total. The van der Waals surface area contributed by atoms with Crippen molar-refractivity contribution in [1.82, 2.24) is 25.3 Å². The van der Waals surface area contributed by atoms with Crippen LogP contribution in [0.4, 0.5) is 0 Å². The Morgan fingerprint density at radius 2 is 1.38 bits per heavy atom. The molecule has 4 aliphatic carbocycles. The maximum absolute atomic E-state index is 13.4. The van der Waals surface area contributed by atoms with Crippen molar-refractivity contribution < 1.29 is 33.8 Å². The van der Waals surface area contributed by atoms with E-state index in [1.54, 1.807) is 0 Å². The predicted molar refractivity (Wildman–Crippen MR) is 220 cm³/mol. The van der Waals surface area contributed by atoms with Gasteiger partial charge in [-0.2, -0.15) is 0 Å². The second kappa shape index (κ2) is 19.7. The molecule has 4 amide bonds. The monoisotopic (exact) mass is 808 g/mol. The van der Waals surface area contributed by atoms with E-state index in [9.17, 15) is 24.3 Å². The molecule has 4 saturated carbocycles. The number of fused-ring (bicyclic) bond motifs is 1. The van der Waals surface area contributed by atoms with E-state index in [1.807, 2.05) is 11.1 Å². The summed E-state index contributed by atoms with van der Waals surface area (Å²) in [5, 5.41) is 16.3. The lowest BCUT2D eigenvalue weighted by molar-refractivity contribution is -0.151. The molecular weight excluding hydrogens is 735 g/mol. The molecular formula is C46H73N5O7. The fourth-order valence-electron chi connectivity index (χ4n) is 12.7. The Bertz CT molecular complexity index is 1470. The van der Waals surface area contributed by atoms with Gasteiger partial charge in [0.1, 0.15) is 6.04 Å². The quantitative estimate of drug-likeness (QED) is 0.181. The number of nitrogens with one attached hydrogen (secondary N) is 2. The summed E-state index contributed by atoms with van der Waals surface area (Å²) in [6, 6.07) is -0.877. The molecule has 4 saturated heterocycles. The smallest absolute Gasteiger partial charge is 0.249 e. The summed E-state index contributed by atoms with van der Waals surface area (Å²) in [6.07, 6.45) is 22.2. The summed E-state index contributed by atoms with van der Waals surface area (Å²) >= 11 is 0. The van der Waals surface area contributed by atoms with Crippen LogP contribution in [0.25, 0.3) is 0 Å². The van der Waals surface area contributed by atoms with Crippen molar-refractivity contribution in [3.8, 4) is 0 Å². The molecule has 8 aliphatic rings. The fraction of sp³-hybridized carbons (Fsp3) is 0.870. The van der Waals surface area contributed by atoms with Gasteiger partial charge in [0.15, 0.2) is 0 Å². The summed E-state index contributed by atoms with van der Waals surface area (Å²) in [4.78, 5) is 57.0. The fourth-order valence-corrected chi connectivity index (χ4v) is 12.7. The highest BCUT2D eigenvalue weighted by Gasteiger charge is 2.54. The Morgan fingerprint density at radius 1 is 0.707 bits per heavy atom. The zero-order chi connectivity index (χ0) is 40.2. The lowest BCUT2D eigenvalue weighted by Gasteiger charge is -2.43. The number of aliphatic hydroxyl groups is 1. The van der Waals surface area contributed by atoms with Gasteiger partial charge in [-0.05, 0) is 127 Å². The molecule has 0 bridgehead atoms. The number of rotatable bonds is 12. The second-order valence-corrected chi connectivity index (χ2v) is 19.3. The maximum atomic E-state index is 13.4. The van der Waals surface area contributed by atoms with Gasteiger partial charge >= 0.3 is 0 Å². The number of allylic oxidation sites excluding steroid dienone is 2. The molecule has 4 aliphatic heterocycles. The third kappa shape index (κ3) is 9.78. The van der Waals surface area contributed by atoms with Crippen molar-refractivity contribution >= 4 is 23.6 Å². The first-order chi connectivity index (χ1) is 28.2. The van der Waals surface area contributed by atoms with Crippen LogP contribution in [0.5, 0.6) is 0 Å². The minimum Gasteiger partial charge on any atom is -0.393 e. The van der Waals surface area contributed by atoms with Crippen LogP contribution in [0.15, 0.2) is 11.1 Å². The third-order valence-electron chi connectivity index (χ3n) is 15.9. The standard InChI is InChI=1S/C46H73N5O7/c1-2-37(30-6-4-3-5-7-30)43(31-8-12-33(52)13-9-31)32-10-14-34(15-11-32)57-27-26-49-22-24-50(25-23-49)41-20-17-36(29-47-41)58-35-16-18-38-39(28-35)46(56)51(45(38)55)40-19-21-42(53)48-44(40)54/h30-36,38-41,47,52H,2-29H2,1H3,(H,48,53,54)/b43-37-. The van der Waals surface area contributed by atoms with Crippen LogP contribution >= 0.6 is 0 Å². The van der Waals surface area contributed by atoms with Crippen molar-refractivity contribution in [2.75, 3.05) is 45.9 Å². The van der Waals surface area contributed by atoms with Crippen LogP contribution in [-0.2, 0) is 28.7 Å². The number of piperidine rings is 2. The molecule has 12 nitrogen and oxygen atoms in total. The summed E-state index contributed by atoms with van der Waals surface area (Å²) in [7, 11) is 0. The van der Waals surface area contributed by atoms with Crippen LogP contribution < -0.4 is 10.6 Å². The molecule has 6 atom stereocenters. The number of piperazine rings is 1. The van der Waals surface area contributed by atoms with E-state index in [4.69, 9.17) is 9.47 Å².